The third-order valence-corrected chi connectivity index (χ3v) is 3.10. The fourth-order valence-electron chi connectivity index (χ4n) is 2.45. The molecular weight excluding hydrogens is 224 g/mol. The highest BCUT2D eigenvalue weighted by molar-refractivity contribution is 5.87. The van der Waals surface area contributed by atoms with Crippen LogP contribution in [0.25, 0.3) is 10.9 Å². The van der Waals surface area contributed by atoms with Gasteiger partial charge < -0.3 is 5.73 Å². The summed E-state index contributed by atoms with van der Waals surface area (Å²) < 4.78 is 0. The van der Waals surface area contributed by atoms with E-state index in [9.17, 15) is 4.79 Å². The molecule has 0 saturated heterocycles. The maximum atomic E-state index is 10.9. The maximum absolute atomic E-state index is 10.9. The van der Waals surface area contributed by atoms with Crippen LogP contribution in [0.1, 0.15) is 28.8 Å². The fraction of sp³-hybridized carbons (Fsp3) is 0.333. The molecule has 94 valence electrons. The van der Waals surface area contributed by atoms with E-state index in [4.69, 9.17) is 5.73 Å². The number of nitrogens with two attached hydrogens (primary N) is 1. The van der Waals surface area contributed by atoms with E-state index < -0.39 is 0 Å². The number of pyridine rings is 1. The van der Waals surface area contributed by atoms with Crippen molar-refractivity contribution in [2.24, 2.45) is 5.73 Å². The molecule has 1 amide bonds. The molecule has 0 radical (unpaired) electrons. The molecule has 1 heterocycles. The number of rotatable bonds is 3. The molecule has 0 aliphatic carbocycles. The van der Waals surface area contributed by atoms with Crippen LogP contribution in [0.15, 0.2) is 18.2 Å². The minimum absolute atomic E-state index is 0.262. The van der Waals surface area contributed by atoms with Crippen molar-refractivity contribution in [2.75, 3.05) is 0 Å². The van der Waals surface area contributed by atoms with Crippen LogP contribution in [0, 0.1) is 20.8 Å². The second-order valence-electron chi connectivity index (χ2n) is 4.87. The highest BCUT2D eigenvalue weighted by Crippen LogP contribution is 2.24. The lowest BCUT2D eigenvalue weighted by Crippen LogP contribution is -2.11. The first-order valence-electron chi connectivity index (χ1n) is 6.13. The van der Waals surface area contributed by atoms with Gasteiger partial charge in [0.1, 0.15) is 0 Å². The van der Waals surface area contributed by atoms with Crippen LogP contribution in [0.5, 0.6) is 0 Å². The van der Waals surface area contributed by atoms with E-state index in [0.717, 1.165) is 22.2 Å². The standard InChI is InChI=1S/C15H18N2O/c1-9-6-10(2)15-12(4-5-14(16)18)8-11(3)17-13(15)7-9/h6-8H,4-5H2,1-3H3,(H2,16,18). The summed E-state index contributed by atoms with van der Waals surface area (Å²) in [5.74, 6) is -0.262. The van der Waals surface area contributed by atoms with Crippen molar-refractivity contribution in [2.45, 2.75) is 33.6 Å². The van der Waals surface area contributed by atoms with Crippen molar-refractivity contribution in [3.63, 3.8) is 0 Å². The summed E-state index contributed by atoms with van der Waals surface area (Å²) in [4.78, 5) is 15.5. The molecule has 0 aliphatic rings. The molecule has 18 heavy (non-hydrogen) atoms. The number of carbonyl (C=O) groups is 1. The lowest BCUT2D eigenvalue weighted by molar-refractivity contribution is -0.117. The Balaban J connectivity index is 2.60. The van der Waals surface area contributed by atoms with Gasteiger partial charge in [-0.05, 0) is 56.0 Å². The Morgan fingerprint density at radius 3 is 2.61 bits per heavy atom. The summed E-state index contributed by atoms with van der Waals surface area (Å²) in [7, 11) is 0. The minimum Gasteiger partial charge on any atom is -0.370 e. The first-order valence-corrected chi connectivity index (χ1v) is 6.13. The molecule has 0 spiro atoms. The third-order valence-electron chi connectivity index (χ3n) is 3.10. The Labute approximate surface area is 107 Å². The fourth-order valence-corrected chi connectivity index (χ4v) is 2.45. The van der Waals surface area contributed by atoms with E-state index in [-0.39, 0.29) is 5.91 Å². The molecular formula is C15H18N2O. The number of hydrogen-bond acceptors (Lipinski definition) is 2. The molecule has 2 rings (SSSR count). The average Bonchev–Trinajstić information content (AvgIpc) is 2.24. The lowest BCUT2D eigenvalue weighted by Gasteiger charge is -2.11. The third kappa shape index (κ3) is 2.50. The topological polar surface area (TPSA) is 56.0 Å². The predicted octanol–water partition coefficient (Wildman–Crippen LogP) is 2.58. The van der Waals surface area contributed by atoms with Crippen LogP contribution >= 0.6 is 0 Å². The van der Waals surface area contributed by atoms with Crippen LogP contribution in [0.3, 0.4) is 0 Å². The van der Waals surface area contributed by atoms with Crippen molar-refractivity contribution >= 4 is 16.8 Å². The average molecular weight is 242 g/mol. The van der Waals surface area contributed by atoms with Crippen LogP contribution in [-0.4, -0.2) is 10.9 Å². The molecule has 0 atom stereocenters. The van der Waals surface area contributed by atoms with Gasteiger partial charge in [0, 0.05) is 17.5 Å². The first kappa shape index (κ1) is 12.6. The first-order chi connectivity index (χ1) is 8.47. The van der Waals surface area contributed by atoms with Crippen molar-refractivity contribution in [1.29, 1.82) is 0 Å². The van der Waals surface area contributed by atoms with Gasteiger partial charge in [0.2, 0.25) is 5.91 Å². The van der Waals surface area contributed by atoms with Crippen molar-refractivity contribution in [3.8, 4) is 0 Å². The Bertz CT molecular complexity index is 612. The van der Waals surface area contributed by atoms with E-state index in [1.54, 1.807) is 0 Å². The van der Waals surface area contributed by atoms with Crippen molar-refractivity contribution in [3.05, 3.63) is 40.6 Å². The van der Waals surface area contributed by atoms with E-state index in [0.29, 0.717) is 12.8 Å². The molecule has 3 heteroatoms. The van der Waals surface area contributed by atoms with Gasteiger partial charge in [-0.3, -0.25) is 9.78 Å². The molecule has 0 saturated carbocycles. The van der Waals surface area contributed by atoms with Crippen molar-refractivity contribution in [1.82, 2.24) is 4.98 Å². The molecule has 2 N–H and O–H groups in total. The molecule has 0 unspecified atom stereocenters. The van der Waals surface area contributed by atoms with Crippen LogP contribution in [-0.2, 0) is 11.2 Å². The molecule has 1 aromatic heterocycles. The normalized spacial score (nSPS) is 10.8. The van der Waals surface area contributed by atoms with Gasteiger partial charge in [-0.25, -0.2) is 0 Å². The number of aromatic nitrogens is 1. The Morgan fingerprint density at radius 2 is 1.94 bits per heavy atom. The summed E-state index contributed by atoms with van der Waals surface area (Å²) in [6, 6.07) is 6.28. The molecule has 2 aromatic rings. The van der Waals surface area contributed by atoms with E-state index in [2.05, 4.69) is 31.0 Å². The highest BCUT2D eigenvalue weighted by Gasteiger charge is 2.08. The minimum atomic E-state index is -0.262. The second kappa shape index (κ2) is 4.77. The largest absolute Gasteiger partial charge is 0.370 e. The van der Waals surface area contributed by atoms with Gasteiger partial charge in [0.05, 0.1) is 5.52 Å². The van der Waals surface area contributed by atoms with Crippen LogP contribution < -0.4 is 5.73 Å². The number of nitrogens with zero attached hydrogens (tertiary/aromatic N) is 1. The number of hydrogen-bond donors (Lipinski definition) is 1. The Morgan fingerprint density at radius 1 is 1.22 bits per heavy atom. The SMILES string of the molecule is Cc1cc(C)c2c(CCC(N)=O)cc(C)nc2c1. The van der Waals surface area contributed by atoms with Gasteiger partial charge in [0.25, 0.3) is 0 Å². The smallest absolute Gasteiger partial charge is 0.217 e. The lowest BCUT2D eigenvalue weighted by atomic mass is 9.98. The number of fused-ring (bicyclic) bond motifs is 1. The summed E-state index contributed by atoms with van der Waals surface area (Å²) >= 11 is 0. The predicted molar refractivity (Wildman–Crippen MR) is 73.5 cm³/mol. The quantitative estimate of drug-likeness (QED) is 0.899. The molecule has 1 aromatic carbocycles. The summed E-state index contributed by atoms with van der Waals surface area (Å²) in [6.45, 7) is 6.13. The van der Waals surface area contributed by atoms with E-state index in [1.165, 1.54) is 11.1 Å². The zero-order valence-corrected chi connectivity index (χ0v) is 11.1. The summed E-state index contributed by atoms with van der Waals surface area (Å²) in [5, 5.41) is 1.16. The molecule has 0 aliphatic heterocycles. The molecule has 3 nitrogen and oxygen atoms in total. The molecule has 0 bridgehead atoms. The molecule has 0 fully saturated rings. The van der Waals surface area contributed by atoms with Crippen molar-refractivity contribution < 1.29 is 4.79 Å². The number of primary amides is 1. The zero-order valence-electron chi connectivity index (χ0n) is 11.1. The summed E-state index contributed by atoms with van der Waals surface area (Å²) in [5.41, 5.74) is 10.8. The summed E-state index contributed by atoms with van der Waals surface area (Å²) in [6.07, 6.45) is 1.06. The Hall–Kier alpha value is -1.90. The van der Waals surface area contributed by atoms with Gasteiger partial charge in [-0.1, -0.05) is 6.07 Å². The van der Waals surface area contributed by atoms with E-state index in [1.807, 2.05) is 13.0 Å². The van der Waals surface area contributed by atoms with Crippen LogP contribution in [0.2, 0.25) is 0 Å². The van der Waals surface area contributed by atoms with Gasteiger partial charge in [-0.15, -0.1) is 0 Å². The highest BCUT2D eigenvalue weighted by atomic mass is 16.1. The zero-order chi connectivity index (χ0) is 13.3. The number of amides is 1. The second-order valence-corrected chi connectivity index (χ2v) is 4.87. The van der Waals surface area contributed by atoms with Gasteiger partial charge in [-0.2, -0.15) is 0 Å². The van der Waals surface area contributed by atoms with Crippen LogP contribution in [0.4, 0.5) is 0 Å². The Kier molecular flexibility index (Phi) is 3.32. The number of carbonyl (C=O) groups excluding carboxylic acids is 1. The number of aryl methyl sites for hydroxylation is 4. The number of benzene rings is 1. The van der Waals surface area contributed by atoms with Gasteiger partial charge >= 0.3 is 0 Å². The van der Waals surface area contributed by atoms with E-state index >= 15 is 0 Å². The van der Waals surface area contributed by atoms with Gasteiger partial charge in [0.15, 0.2) is 0 Å². The monoisotopic (exact) mass is 242 g/mol. The maximum Gasteiger partial charge on any atom is 0.217 e.